The molecule has 0 aromatic heterocycles. The largest absolute Gasteiger partial charge is 0.311 e. The van der Waals surface area contributed by atoms with E-state index in [1.165, 1.54) is 13.1 Å². The molecule has 0 bridgehead atoms. The second-order valence-electron chi connectivity index (χ2n) is 4.51. The summed E-state index contributed by atoms with van der Waals surface area (Å²) in [6.45, 7) is 12.7. The Hall–Kier alpha value is -0.0800. The van der Waals surface area contributed by atoms with E-state index in [1.54, 1.807) is 0 Å². The van der Waals surface area contributed by atoms with E-state index in [0.29, 0.717) is 12.1 Å². The van der Waals surface area contributed by atoms with Crippen molar-refractivity contribution in [2.45, 2.75) is 39.8 Å². The van der Waals surface area contributed by atoms with E-state index in [-0.39, 0.29) is 0 Å². The van der Waals surface area contributed by atoms with E-state index in [4.69, 9.17) is 0 Å². The molecule has 1 heterocycles. The van der Waals surface area contributed by atoms with Crippen LogP contribution in [-0.2, 0) is 0 Å². The average Bonchev–Trinajstić information content (AvgIpc) is 1.96. The quantitative estimate of drug-likeness (QED) is 0.672. The molecule has 1 saturated heterocycles. The molecule has 0 unspecified atom stereocenters. The van der Waals surface area contributed by atoms with Crippen LogP contribution in [0.1, 0.15) is 27.7 Å². The number of hydrogen-bond acceptors (Lipinski definition) is 2. The van der Waals surface area contributed by atoms with Crippen LogP contribution in [0.4, 0.5) is 0 Å². The SMILES string of the molecule is CC(C)CN1C[C@H](C)NC[C@@H]1C. The van der Waals surface area contributed by atoms with Crippen molar-refractivity contribution in [1.29, 1.82) is 0 Å². The van der Waals surface area contributed by atoms with E-state index >= 15 is 0 Å². The zero-order chi connectivity index (χ0) is 9.14. The van der Waals surface area contributed by atoms with Crippen LogP contribution in [0.25, 0.3) is 0 Å². The lowest BCUT2D eigenvalue weighted by Crippen LogP contribution is -2.55. The molecule has 72 valence electrons. The monoisotopic (exact) mass is 170 g/mol. The molecule has 0 aromatic rings. The summed E-state index contributed by atoms with van der Waals surface area (Å²) in [5.41, 5.74) is 0. The molecule has 1 aliphatic heterocycles. The highest BCUT2D eigenvalue weighted by Gasteiger charge is 2.22. The Balaban J connectivity index is 2.38. The minimum absolute atomic E-state index is 0.667. The van der Waals surface area contributed by atoms with Crippen LogP contribution in [0.5, 0.6) is 0 Å². The minimum Gasteiger partial charge on any atom is -0.311 e. The van der Waals surface area contributed by atoms with Gasteiger partial charge >= 0.3 is 0 Å². The summed E-state index contributed by atoms with van der Waals surface area (Å²) in [5, 5.41) is 3.49. The van der Waals surface area contributed by atoms with Gasteiger partial charge in [0.05, 0.1) is 0 Å². The maximum absolute atomic E-state index is 3.49. The molecule has 2 nitrogen and oxygen atoms in total. The first-order valence-electron chi connectivity index (χ1n) is 5.07. The summed E-state index contributed by atoms with van der Waals surface area (Å²) >= 11 is 0. The fourth-order valence-electron chi connectivity index (χ4n) is 1.82. The van der Waals surface area contributed by atoms with Gasteiger partial charge in [0.2, 0.25) is 0 Å². The highest BCUT2D eigenvalue weighted by atomic mass is 15.2. The molecule has 1 aliphatic rings. The minimum atomic E-state index is 0.667. The maximum atomic E-state index is 3.49. The molecule has 2 heteroatoms. The topological polar surface area (TPSA) is 15.3 Å². The number of nitrogens with one attached hydrogen (secondary N) is 1. The van der Waals surface area contributed by atoms with Crippen LogP contribution in [0.2, 0.25) is 0 Å². The molecule has 2 atom stereocenters. The zero-order valence-electron chi connectivity index (χ0n) is 8.80. The van der Waals surface area contributed by atoms with E-state index in [0.717, 1.165) is 12.5 Å². The molecule has 0 radical (unpaired) electrons. The zero-order valence-corrected chi connectivity index (χ0v) is 8.80. The molecule has 12 heavy (non-hydrogen) atoms. The molecule has 1 fully saturated rings. The van der Waals surface area contributed by atoms with Crippen molar-refractivity contribution in [2.24, 2.45) is 5.92 Å². The highest BCUT2D eigenvalue weighted by molar-refractivity contribution is 4.81. The molecular weight excluding hydrogens is 148 g/mol. The Kier molecular flexibility index (Phi) is 3.53. The normalized spacial score (nSPS) is 32.8. The van der Waals surface area contributed by atoms with E-state index < -0.39 is 0 Å². The van der Waals surface area contributed by atoms with Gasteiger partial charge in [0, 0.05) is 31.7 Å². The van der Waals surface area contributed by atoms with Crippen molar-refractivity contribution in [1.82, 2.24) is 10.2 Å². The molecule has 0 aliphatic carbocycles. The van der Waals surface area contributed by atoms with Crippen LogP contribution in [-0.4, -0.2) is 36.6 Å². The number of piperazine rings is 1. The number of hydrogen-bond donors (Lipinski definition) is 1. The van der Waals surface area contributed by atoms with Gasteiger partial charge < -0.3 is 5.32 Å². The summed E-state index contributed by atoms with van der Waals surface area (Å²) in [5.74, 6) is 0.790. The van der Waals surface area contributed by atoms with Crippen molar-refractivity contribution in [3.05, 3.63) is 0 Å². The van der Waals surface area contributed by atoms with E-state index in [2.05, 4.69) is 37.9 Å². The van der Waals surface area contributed by atoms with Gasteiger partial charge in [-0.05, 0) is 19.8 Å². The first-order valence-corrected chi connectivity index (χ1v) is 5.07. The fraction of sp³-hybridized carbons (Fsp3) is 1.00. The lowest BCUT2D eigenvalue weighted by atomic mass is 10.1. The third-order valence-corrected chi connectivity index (χ3v) is 2.49. The maximum Gasteiger partial charge on any atom is 0.0193 e. The van der Waals surface area contributed by atoms with Gasteiger partial charge in [0.15, 0.2) is 0 Å². The Morgan fingerprint density at radius 1 is 1.42 bits per heavy atom. The molecule has 0 amide bonds. The van der Waals surface area contributed by atoms with Gasteiger partial charge in [0.25, 0.3) is 0 Å². The van der Waals surface area contributed by atoms with Crippen LogP contribution in [0.3, 0.4) is 0 Å². The van der Waals surface area contributed by atoms with Crippen molar-refractivity contribution in [3.8, 4) is 0 Å². The average molecular weight is 170 g/mol. The number of nitrogens with zero attached hydrogens (tertiary/aromatic N) is 1. The smallest absolute Gasteiger partial charge is 0.0193 e. The van der Waals surface area contributed by atoms with E-state index in [9.17, 15) is 0 Å². The van der Waals surface area contributed by atoms with Gasteiger partial charge in [-0.1, -0.05) is 13.8 Å². The Bertz CT molecular complexity index is 132. The summed E-state index contributed by atoms with van der Waals surface area (Å²) in [6, 6.07) is 1.38. The number of rotatable bonds is 2. The summed E-state index contributed by atoms with van der Waals surface area (Å²) in [4.78, 5) is 2.59. The van der Waals surface area contributed by atoms with Crippen molar-refractivity contribution in [3.63, 3.8) is 0 Å². The second kappa shape index (κ2) is 4.24. The Morgan fingerprint density at radius 2 is 2.08 bits per heavy atom. The third kappa shape index (κ3) is 2.76. The van der Waals surface area contributed by atoms with E-state index in [1.807, 2.05) is 0 Å². The molecular formula is C10H22N2. The van der Waals surface area contributed by atoms with Crippen LogP contribution in [0.15, 0.2) is 0 Å². The predicted octanol–water partition coefficient (Wildman–Crippen LogP) is 1.32. The summed E-state index contributed by atoms with van der Waals surface area (Å²) < 4.78 is 0. The lowest BCUT2D eigenvalue weighted by Gasteiger charge is -2.38. The van der Waals surface area contributed by atoms with Crippen molar-refractivity contribution >= 4 is 0 Å². The lowest BCUT2D eigenvalue weighted by molar-refractivity contribution is 0.131. The predicted molar refractivity (Wildman–Crippen MR) is 53.3 cm³/mol. The Morgan fingerprint density at radius 3 is 2.67 bits per heavy atom. The third-order valence-electron chi connectivity index (χ3n) is 2.49. The van der Waals surface area contributed by atoms with Crippen molar-refractivity contribution < 1.29 is 0 Å². The first kappa shape index (κ1) is 10.0. The van der Waals surface area contributed by atoms with Gasteiger partial charge in [-0.3, -0.25) is 4.90 Å². The molecule has 0 spiro atoms. The van der Waals surface area contributed by atoms with Crippen LogP contribution in [0, 0.1) is 5.92 Å². The molecule has 0 saturated carbocycles. The van der Waals surface area contributed by atoms with Gasteiger partial charge in [0.1, 0.15) is 0 Å². The van der Waals surface area contributed by atoms with Gasteiger partial charge in [-0.25, -0.2) is 0 Å². The standard InChI is InChI=1S/C10H22N2/c1-8(2)6-12-7-9(3)11-5-10(12)4/h8-11H,5-7H2,1-4H3/t9-,10-/m0/s1. The fourth-order valence-corrected chi connectivity index (χ4v) is 1.82. The molecule has 1 rings (SSSR count). The van der Waals surface area contributed by atoms with Crippen LogP contribution < -0.4 is 5.32 Å². The first-order chi connectivity index (χ1) is 5.59. The Labute approximate surface area is 76.3 Å². The summed E-state index contributed by atoms with van der Waals surface area (Å²) in [7, 11) is 0. The molecule has 0 aromatic carbocycles. The molecule has 1 N–H and O–H groups in total. The van der Waals surface area contributed by atoms with Gasteiger partial charge in [-0.2, -0.15) is 0 Å². The highest BCUT2D eigenvalue weighted by Crippen LogP contribution is 2.08. The second-order valence-corrected chi connectivity index (χ2v) is 4.51. The van der Waals surface area contributed by atoms with Crippen LogP contribution >= 0.6 is 0 Å². The summed E-state index contributed by atoms with van der Waals surface area (Å²) in [6.07, 6.45) is 0. The van der Waals surface area contributed by atoms with Crippen molar-refractivity contribution in [2.75, 3.05) is 19.6 Å². The van der Waals surface area contributed by atoms with Gasteiger partial charge in [-0.15, -0.1) is 0 Å².